The number of nitrogens with one attached hydrogen (secondary N) is 1. The van der Waals surface area contributed by atoms with E-state index in [2.05, 4.69) is 21.2 Å². The van der Waals surface area contributed by atoms with E-state index in [1.165, 1.54) is 0 Å². The van der Waals surface area contributed by atoms with Gasteiger partial charge in [0.1, 0.15) is 6.04 Å². The molecule has 34 heavy (non-hydrogen) atoms. The molecule has 0 aliphatic carbocycles. The quantitative estimate of drug-likeness (QED) is 0.278. The zero-order chi connectivity index (χ0) is 24.3. The molecule has 1 N–H and O–H groups in total. The van der Waals surface area contributed by atoms with Gasteiger partial charge >= 0.3 is 0 Å². The summed E-state index contributed by atoms with van der Waals surface area (Å²) in [5.74, 6) is 0.434. The Hall–Kier alpha value is -2.28. The molecule has 0 bridgehead atoms. The summed E-state index contributed by atoms with van der Waals surface area (Å²) in [5, 5.41) is 3.61. The number of hydrogen-bond acceptors (Lipinski definition) is 3. The Bertz CT molecular complexity index is 1060. The maximum absolute atomic E-state index is 13.5. The third-order valence-electron chi connectivity index (χ3n) is 5.29. The van der Waals surface area contributed by atoms with E-state index in [0.717, 1.165) is 20.5 Å². The van der Waals surface area contributed by atoms with Gasteiger partial charge in [0.25, 0.3) is 0 Å². The second-order valence-corrected chi connectivity index (χ2v) is 10.3. The lowest BCUT2D eigenvalue weighted by Crippen LogP contribution is -2.50. The minimum absolute atomic E-state index is 0.0448. The number of benzene rings is 3. The van der Waals surface area contributed by atoms with E-state index >= 15 is 0 Å². The molecule has 0 radical (unpaired) electrons. The van der Waals surface area contributed by atoms with Crippen LogP contribution in [0.15, 0.2) is 88.2 Å². The molecule has 1 atom stereocenters. The van der Waals surface area contributed by atoms with Crippen molar-refractivity contribution in [1.82, 2.24) is 10.2 Å². The molecule has 3 aromatic rings. The molecule has 4 nitrogen and oxygen atoms in total. The first kappa shape index (κ1) is 26.3. The summed E-state index contributed by atoms with van der Waals surface area (Å²) in [7, 11) is 0. The van der Waals surface area contributed by atoms with Gasteiger partial charge in [-0.2, -0.15) is 0 Å². The molecular weight excluding hydrogens is 532 g/mol. The van der Waals surface area contributed by atoms with Crippen LogP contribution in [0, 0.1) is 0 Å². The molecule has 0 aliphatic rings. The predicted octanol–water partition coefficient (Wildman–Crippen LogP) is 6.36. The van der Waals surface area contributed by atoms with Crippen LogP contribution in [-0.4, -0.2) is 35.1 Å². The Morgan fingerprint density at radius 1 is 0.971 bits per heavy atom. The van der Waals surface area contributed by atoms with Gasteiger partial charge < -0.3 is 10.2 Å². The zero-order valence-corrected chi connectivity index (χ0v) is 22.2. The van der Waals surface area contributed by atoms with Gasteiger partial charge in [0.2, 0.25) is 11.8 Å². The number of amides is 2. The third kappa shape index (κ3) is 8.19. The molecule has 0 spiro atoms. The molecule has 0 heterocycles. The Morgan fingerprint density at radius 3 is 2.29 bits per heavy atom. The lowest BCUT2D eigenvalue weighted by molar-refractivity contribution is -0.140. The Morgan fingerprint density at radius 2 is 1.65 bits per heavy atom. The molecule has 2 amide bonds. The second-order valence-electron chi connectivity index (χ2n) is 7.80. The Kier molecular flexibility index (Phi) is 10.5. The lowest BCUT2D eigenvalue weighted by atomic mass is 10.0. The van der Waals surface area contributed by atoms with Gasteiger partial charge in [0.05, 0.1) is 0 Å². The van der Waals surface area contributed by atoms with Crippen LogP contribution in [-0.2, 0) is 22.6 Å². The number of carbonyl (C=O) groups excluding carboxylic acids is 2. The van der Waals surface area contributed by atoms with E-state index in [-0.39, 0.29) is 11.8 Å². The van der Waals surface area contributed by atoms with Crippen LogP contribution in [0.3, 0.4) is 0 Å². The fourth-order valence-corrected chi connectivity index (χ4v) is 4.79. The fourth-order valence-electron chi connectivity index (χ4n) is 3.56. The van der Waals surface area contributed by atoms with Crippen molar-refractivity contribution in [2.75, 3.05) is 12.3 Å². The van der Waals surface area contributed by atoms with Gasteiger partial charge in [0, 0.05) is 46.1 Å². The average Bonchev–Trinajstić information content (AvgIpc) is 2.84. The van der Waals surface area contributed by atoms with Gasteiger partial charge in [-0.3, -0.25) is 9.59 Å². The van der Waals surface area contributed by atoms with Crippen molar-refractivity contribution < 1.29 is 9.59 Å². The van der Waals surface area contributed by atoms with E-state index in [0.29, 0.717) is 36.7 Å². The number of nitrogens with zero attached hydrogens (tertiary/aromatic N) is 1. The zero-order valence-electron chi connectivity index (χ0n) is 19.0. The molecule has 0 unspecified atom stereocenters. The number of halogens is 2. The van der Waals surface area contributed by atoms with Crippen molar-refractivity contribution in [2.24, 2.45) is 0 Å². The average molecular weight is 560 g/mol. The van der Waals surface area contributed by atoms with E-state index in [9.17, 15) is 9.59 Å². The van der Waals surface area contributed by atoms with Crippen LogP contribution in [0.2, 0.25) is 5.02 Å². The van der Waals surface area contributed by atoms with Gasteiger partial charge in [-0.25, -0.2) is 0 Å². The highest BCUT2D eigenvalue weighted by atomic mass is 79.9. The first-order valence-electron chi connectivity index (χ1n) is 11.2. The van der Waals surface area contributed by atoms with Crippen molar-refractivity contribution in [3.8, 4) is 0 Å². The number of hydrogen-bond donors (Lipinski definition) is 1. The van der Waals surface area contributed by atoms with E-state index in [1.54, 1.807) is 16.7 Å². The third-order valence-corrected chi connectivity index (χ3v) is 7.08. The molecule has 3 aromatic carbocycles. The summed E-state index contributed by atoms with van der Waals surface area (Å²) in [6.07, 6.45) is 0.786. The highest BCUT2D eigenvalue weighted by Gasteiger charge is 2.29. The number of thioether (sulfide) groups is 1. The molecule has 0 saturated carbocycles. The molecule has 178 valence electrons. The SMILES string of the molecule is CCNC(=O)[C@@H](Cc1ccccc1)N(Cc1ccc(Br)cc1)C(=O)CCSc1ccc(Cl)cc1. The number of likely N-dealkylation sites (N-methyl/N-ethyl adjacent to an activating group) is 1. The maximum atomic E-state index is 13.5. The molecular formula is C27H28BrClN2O2S. The number of carbonyl (C=O) groups is 2. The lowest BCUT2D eigenvalue weighted by Gasteiger charge is -2.31. The molecule has 0 fully saturated rings. The minimum atomic E-state index is -0.598. The van der Waals surface area contributed by atoms with Crippen molar-refractivity contribution >= 4 is 51.1 Å². The highest BCUT2D eigenvalue weighted by Crippen LogP contribution is 2.23. The standard InChI is InChI=1S/C27H28BrClN2O2S/c1-2-30-27(33)25(18-20-6-4-3-5-7-20)31(19-21-8-10-22(28)11-9-21)26(32)16-17-34-24-14-12-23(29)13-15-24/h3-15,25H,2,16-19H2,1H3,(H,30,33)/t25-/m1/s1. The maximum Gasteiger partial charge on any atom is 0.243 e. The van der Waals surface area contributed by atoms with Gasteiger partial charge in [-0.05, 0) is 54.4 Å². The summed E-state index contributed by atoms with van der Waals surface area (Å²) in [6.45, 7) is 2.77. The Balaban J connectivity index is 1.81. The minimum Gasteiger partial charge on any atom is -0.355 e. The smallest absolute Gasteiger partial charge is 0.243 e. The molecule has 0 aliphatic heterocycles. The fraction of sp³-hybridized carbons (Fsp3) is 0.259. The first-order valence-corrected chi connectivity index (χ1v) is 13.4. The van der Waals surface area contributed by atoms with Crippen LogP contribution < -0.4 is 5.32 Å². The van der Waals surface area contributed by atoms with Crippen molar-refractivity contribution in [3.63, 3.8) is 0 Å². The van der Waals surface area contributed by atoms with Gasteiger partial charge in [-0.15, -0.1) is 11.8 Å². The van der Waals surface area contributed by atoms with Gasteiger partial charge in [0.15, 0.2) is 0 Å². The van der Waals surface area contributed by atoms with E-state index in [1.807, 2.05) is 85.8 Å². The number of rotatable bonds is 11. The second kappa shape index (κ2) is 13.6. The van der Waals surface area contributed by atoms with Crippen molar-refractivity contribution in [2.45, 2.75) is 37.2 Å². The van der Waals surface area contributed by atoms with Crippen LogP contribution in [0.4, 0.5) is 0 Å². The van der Waals surface area contributed by atoms with Crippen LogP contribution in [0.25, 0.3) is 0 Å². The monoisotopic (exact) mass is 558 g/mol. The molecule has 7 heteroatoms. The van der Waals surface area contributed by atoms with Gasteiger partial charge in [-0.1, -0.05) is 70.0 Å². The normalized spacial score (nSPS) is 11.6. The Labute approximate surface area is 219 Å². The van der Waals surface area contributed by atoms with Crippen LogP contribution >= 0.6 is 39.3 Å². The summed E-state index contributed by atoms with van der Waals surface area (Å²) in [6, 6.07) is 24.7. The predicted molar refractivity (Wildman–Crippen MR) is 144 cm³/mol. The van der Waals surface area contributed by atoms with Crippen LogP contribution in [0.5, 0.6) is 0 Å². The summed E-state index contributed by atoms with van der Waals surface area (Å²) in [4.78, 5) is 29.4. The first-order chi connectivity index (χ1) is 16.5. The van der Waals surface area contributed by atoms with E-state index in [4.69, 9.17) is 11.6 Å². The summed E-state index contributed by atoms with van der Waals surface area (Å²) < 4.78 is 0.970. The van der Waals surface area contributed by atoms with Crippen LogP contribution in [0.1, 0.15) is 24.5 Å². The molecule has 0 saturated heterocycles. The molecule has 3 rings (SSSR count). The highest BCUT2D eigenvalue weighted by molar-refractivity contribution is 9.10. The molecule has 0 aromatic heterocycles. The summed E-state index contributed by atoms with van der Waals surface area (Å²) >= 11 is 11.0. The largest absolute Gasteiger partial charge is 0.355 e. The van der Waals surface area contributed by atoms with Crippen molar-refractivity contribution in [1.29, 1.82) is 0 Å². The summed E-state index contributed by atoms with van der Waals surface area (Å²) in [5.41, 5.74) is 1.99. The van der Waals surface area contributed by atoms with E-state index < -0.39 is 6.04 Å². The van der Waals surface area contributed by atoms with Crippen molar-refractivity contribution in [3.05, 3.63) is 99.5 Å². The topological polar surface area (TPSA) is 49.4 Å².